The molecule has 0 unspecified atom stereocenters. The molecule has 0 atom stereocenters. The standard InChI is InChI=1S/C15H15FO2/c1-10-6-12(8-15(16)14(10)9-17)11-4-3-5-13(7-11)18-2/h3-8,17H,9H2,1-2H3. The molecule has 0 saturated carbocycles. The maximum absolute atomic E-state index is 13.8. The quantitative estimate of drug-likeness (QED) is 0.900. The fraction of sp³-hybridized carbons (Fsp3) is 0.200. The first-order chi connectivity index (χ1) is 8.65. The lowest BCUT2D eigenvalue weighted by molar-refractivity contribution is 0.275. The molecule has 0 aliphatic carbocycles. The number of halogens is 1. The molecule has 1 N–H and O–H groups in total. The minimum atomic E-state index is -0.379. The Kier molecular flexibility index (Phi) is 3.63. The van der Waals surface area contributed by atoms with Gasteiger partial charge in [0.2, 0.25) is 0 Å². The van der Waals surface area contributed by atoms with Crippen molar-refractivity contribution in [2.45, 2.75) is 13.5 Å². The van der Waals surface area contributed by atoms with E-state index in [-0.39, 0.29) is 12.4 Å². The molecule has 0 radical (unpaired) electrons. The Balaban J connectivity index is 2.51. The fourth-order valence-corrected chi connectivity index (χ4v) is 1.94. The van der Waals surface area contributed by atoms with Gasteiger partial charge in [-0.15, -0.1) is 0 Å². The third kappa shape index (κ3) is 2.36. The molecule has 2 nitrogen and oxygen atoms in total. The Morgan fingerprint density at radius 2 is 1.94 bits per heavy atom. The van der Waals surface area contributed by atoms with Crippen LogP contribution in [0.25, 0.3) is 11.1 Å². The molecule has 0 spiro atoms. The van der Waals surface area contributed by atoms with Gasteiger partial charge in [0.15, 0.2) is 0 Å². The third-order valence-electron chi connectivity index (χ3n) is 2.98. The summed E-state index contributed by atoms with van der Waals surface area (Å²) in [4.78, 5) is 0. The number of aliphatic hydroxyl groups excluding tert-OH is 1. The van der Waals surface area contributed by atoms with E-state index in [2.05, 4.69) is 0 Å². The van der Waals surface area contributed by atoms with Gasteiger partial charge in [-0.05, 0) is 41.8 Å². The second-order valence-electron chi connectivity index (χ2n) is 4.14. The molecule has 2 aromatic rings. The highest BCUT2D eigenvalue weighted by Gasteiger charge is 2.08. The van der Waals surface area contributed by atoms with E-state index in [4.69, 9.17) is 9.84 Å². The van der Waals surface area contributed by atoms with Gasteiger partial charge >= 0.3 is 0 Å². The van der Waals surface area contributed by atoms with Crippen LogP contribution in [0.5, 0.6) is 5.75 Å². The average Bonchev–Trinajstić information content (AvgIpc) is 2.38. The molecule has 0 heterocycles. The normalized spacial score (nSPS) is 10.4. The summed E-state index contributed by atoms with van der Waals surface area (Å²) in [5.74, 6) is 0.354. The van der Waals surface area contributed by atoms with E-state index in [1.54, 1.807) is 14.0 Å². The maximum Gasteiger partial charge on any atom is 0.129 e. The van der Waals surface area contributed by atoms with Crippen molar-refractivity contribution < 1.29 is 14.2 Å². The lowest BCUT2D eigenvalue weighted by atomic mass is 9.99. The Morgan fingerprint density at radius 3 is 2.56 bits per heavy atom. The molecule has 94 valence electrons. The van der Waals surface area contributed by atoms with E-state index in [1.807, 2.05) is 30.3 Å². The highest BCUT2D eigenvalue weighted by molar-refractivity contribution is 5.66. The highest BCUT2D eigenvalue weighted by atomic mass is 19.1. The minimum absolute atomic E-state index is 0.282. The largest absolute Gasteiger partial charge is 0.497 e. The Hall–Kier alpha value is -1.87. The van der Waals surface area contributed by atoms with Crippen molar-refractivity contribution in [2.75, 3.05) is 7.11 Å². The van der Waals surface area contributed by atoms with E-state index in [0.717, 1.165) is 22.4 Å². The summed E-state index contributed by atoms with van der Waals surface area (Å²) >= 11 is 0. The molecule has 18 heavy (non-hydrogen) atoms. The van der Waals surface area contributed by atoms with Crippen molar-refractivity contribution >= 4 is 0 Å². The van der Waals surface area contributed by atoms with E-state index < -0.39 is 0 Å². The van der Waals surface area contributed by atoms with Gasteiger partial charge in [0, 0.05) is 5.56 Å². The number of aryl methyl sites for hydroxylation is 1. The van der Waals surface area contributed by atoms with Crippen molar-refractivity contribution in [3.05, 3.63) is 53.3 Å². The van der Waals surface area contributed by atoms with Crippen LogP contribution in [0.3, 0.4) is 0 Å². The van der Waals surface area contributed by atoms with Crippen LogP contribution in [-0.4, -0.2) is 12.2 Å². The number of rotatable bonds is 3. The van der Waals surface area contributed by atoms with Crippen LogP contribution in [-0.2, 0) is 6.61 Å². The van der Waals surface area contributed by atoms with Crippen molar-refractivity contribution in [3.8, 4) is 16.9 Å². The first-order valence-electron chi connectivity index (χ1n) is 5.70. The van der Waals surface area contributed by atoms with Gasteiger partial charge in [-0.25, -0.2) is 4.39 Å². The first-order valence-corrected chi connectivity index (χ1v) is 5.70. The van der Waals surface area contributed by atoms with Gasteiger partial charge in [-0.3, -0.25) is 0 Å². The molecule has 0 saturated heterocycles. The van der Waals surface area contributed by atoms with Gasteiger partial charge in [0.25, 0.3) is 0 Å². The SMILES string of the molecule is COc1cccc(-c2cc(C)c(CO)c(F)c2)c1. The molecule has 0 aliphatic rings. The second kappa shape index (κ2) is 5.19. The molecular weight excluding hydrogens is 231 g/mol. The zero-order chi connectivity index (χ0) is 13.1. The summed E-state index contributed by atoms with van der Waals surface area (Å²) in [6, 6.07) is 10.8. The van der Waals surface area contributed by atoms with Gasteiger partial charge in [0.05, 0.1) is 13.7 Å². The molecule has 3 heteroatoms. The summed E-state index contributed by atoms with van der Waals surface area (Å²) in [6.07, 6.45) is 0. The monoisotopic (exact) mass is 246 g/mol. The lowest BCUT2D eigenvalue weighted by Gasteiger charge is -2.09. The van der Waals surface area contributed by atoms with Crippen LogP contribution < -0.4 is 4.74 Å². The van der Waals surface area contributed by atoms with Crippen LogP contribution in [0, 0.1) is 12.7 Å². The predicted molar refractivity (Wildman–Crippen MR) is 69.0 cm³/mol. The maximum atomic E-state index is 13.8. The molecule has 0 aromatic heterocycles. The summed E-state index contributed by atoms with van der Waals surface area (Å²) < 4.78 is 18.9. The predicted octanol–water partition coefficient (Wildman–Crippen LogP) is 3.30. The molecule has 0 amide bonds. The number of hydrogen-bond donors (Lipinski definition) is 1. The third-order valence-corrected chi connectivity index (χ3v) is 2.98. The van der Waals surface area contributed by atoms with Gasteiger partial charge < -0.3 is 9.84 Å². The highest BCUT2D eigenvalue weighted by Crippen LogP contribution is 2.27. The minimum Gasteiger partial charge on any atom is -0.497 e. The molecule has 2 rings (SSSR count). The fourth-order valence-electron chi connectivity index (χ4n) is 1.94. The number of ether oxygens (including phenoxy) is 1. The van der Waals surface area contributed by atoms with Gasteiger partial charge in [-0.1, -0.05) is 18.2 Å². The van der Waals surface area contributed by atoms with E-state index >= 15 is 0 Å². The summed E-state index contributed by atoms with van der Waals surface area (Å²) in [6.45, 7) is 1.51. The zero-order valence-electron chi connectivity index (χ0n) is 10.4. The Morgan fingerprint density at radius 1 is 1.17 bits per heavy atom. The van der Waals surface area contributed by atoms with Crippen LogP contribution >= 0.6 is 0 Å². The molecule has 0 bridgehead atoms. The van der Waals surface area contributed by atoms with Crippen molar-refractivity contribution in [2.24, 2.45) is 0 Å². The summed E-state index contributed by atoms with van der Waals surface area (Å²) in [5.41, 5.74) is 2.76. The second-order valence-corrected chi connectivity index (χ2v) is 4.14. The molecular formula is C15H15FO2. The lowest BCUT2D eigenvalue weighted by Crippen LogP contribution is -1.95. The molecule has 2 aromatic carbocycles. The number of hydrogen-bond acceptors (Lipinski definition) is 2. The van der Waals surface area contributed by atoms with E-state index in [9.17, 15) is 4.39 Å². The van der Waals surface area contributed by atoms with Crippen LogP contribution in [0.2, 0.25) is 0 Å². The number of aliphatic hydroxyl groups is 1. The van der Waals surface area contributed by atoms with Crippen molar-refractivity contribution in [1.29, 1.82) is 0 Å². The van der Waals surface area contributed by atoms with E-state index in [0.29, 0.717) is 5.56 Å². The molecule has 0 fully saturated rings. The van der Waals surface area contributed by atoms with Crippen LogP contribution in [0.4, 0.5) is 4.39 Å². The molecule has 0 aliphatic heterocycles. The Bertz CT molecular complexity index is 541. The zero-order valence-corrected chi connectivity index (χ0v) is 10.4. The number of benzene rings is 2. The van der Waals surface area contributed by atoms with Gasteiger partial charge in [0.1, 0.15) is 11.6 Å². The topological polar surface area (TPSA) is 29.5 Å². The van der Waals surface area contributed by atoms with Gasteiger partial charge in [-0.2, -0.15) is 0 Å². The first kappa shape index (κ1) is 12.6. The van der Waals surface area contributed by atoms with Crippen LogP contribution in [0.1, 0.15) is 11.1 Å². The average molecular weight is 246 g/mol. The van der Waals surface area contributed by atoms with Crippen molar-refractivity contribution in [3.63, 3.8) is 0 Å². The van der Waals surface area contributed by atoms with E-state index in [1.165, 1.54) is 6.07 Å². The smallest absolute Gasteiger partial charge is 0.129 e. The van der Waals surface area contributed by atoms with Crippen molar-refractivity contribution in [1.82, 2.24) is 0 Å². The summed E-state index contributed by atoms with van der Waals surface area (Å²) in [5, 5.41) is 9.08. The number of methoxy groups -OCH3 is 1. The van der Waals surface area contributed by atoms with Crippen LogP contribution in [0.15, 0.2) is 36.4 Å². The summed E-state index contributed by atoms with van der Waals surface area (Å²) in [7, 11) is 1.60. The Labute approximate surface area is 106 Å².